The summed E-state index contributed by atoms with van der Waals surface area (Å²) in [4.78, 5) is 26.2. The van der Waals surface area contributed by atoms with Crippen molar-refractivity contribution in [3.63, 3.8) is 0 Å². The molecule has 0 radical (unpaired) electrons. The van der Waals surface area contributed by atoms with Crippen LogP contribution in [0.2, 0.25) is 0 Å². The Bertz CT molecular complexity index is 498. The number of anilines is 1. The highest BCUT2D eigenvalue weighted by Gasteiger charge is 2.29. The number of hydrogen-bond donors (Lipinski definition) is 1. The lowest BCUT2D eigenvalue weighted by Crippen LogP contribution is -2.46. The number of carbonyl (C=O) groups is 2. The average Bonchev–Trinajstić information content (AvgIpc) is 2.52. The zero-order chi connectivity index (χ0) is 13.8. The van der Waals surface area contributed by atoms with Crippen molar-refractivity contribution in [1.29, 1.82) is 0 Å². The van der Waals surface area contributed by atoms with E-state index in [9.17, 15) is 9.59 Å². The summed E-state index contributed by atoms with van der Waals surface area (Å²) in [6.45, 7) is 1.93. The first-order valence-electron chi connectivity index (χ1n) is 6.08. The summed E-state index contributed by atoms with van der Waals surface area (Å²) in [5.41, 5.74) is 6.55. The van der Waals surface area contributed by atoms with Gasteiger partial charge in [-0.2, -0.15) is 0 Å². The van der Waals surface area contributed by atoms with Crippen molar-refractivity contribution in [3.05, 3.63) is 24.3 Å². The van der Waals surface area contributed by atoms with Crippen LogP contribution in [0.3, 0.4) is 0 Å². The lowest BCUT2D eigenvalue weighted by molar-refractivity contribution is -0.142. The molecule has 0 aliphatic carbocycles. The highest BCUT2D eigenvalue weighted by atomic mass is 35.5. The fourth-order valence-corrected chi connectivity index (χ4v) is 2.87. The Labute approximate surface area is 128 Å². The van der Waals surface area contributed by atoms with Gasteiger partial charge in [0.05, 0.1) is 18.3 Å². The van der Waals surface area contributed by atoms with Gasteiger partial charge in [-0.15, -0.1) is 24.2 Å². The Kier molecular flexibility index (Phi) is 6.32. The normalized spacial score (nSPS) is 17.8. The van der Waals surface area contributed by atoms with Crippen LogP contribution in [0.25, 0.3) is 0 Å². The second-order valence-electron chi connectivity index (χ2n) is 4.11. The molecule has 0 unspecified atom stereocenters. The summed E-state index contributed by atoms with van der Waals surface area (Å²) in [5.74, 6) is -0.162. The molecule has 1 atom stereocenters. The maximum atomic E-state index is 12.2. The Hall–Kier alpha value is -1.24. The van der Waals surface area contributed by atoms with Crippen molar-refractivity contribution >= 4 is 41.7 Å². The van der Waals surface area contributed by atoms with E-state index in [-0.39, 0.29) is 24.9 Å². The first-order valence-corrected chi connectivity index (χ1v) is 7.06. The maximum absolute atomic E-state index is 12.2. The second kappa shape index (κ2) is 7.52. The van der Waals surface area contributed by atoms with Gasteiger partial charge in [-0.25, -0.2) is 0 Å². The van der Waals surface area contributed by atoms with Crippen LogP contribution >= 0.6 is 24.2 Å². The summed E-state index contributed by atoms with van der Waals surface area (Å²) in [5, 5.41) is 0. The molecule has 2 rings (SSSR count). The lowest BCUT2D eigenvalue weighted by atomic mass is 10.2. The number of nitrogens with two attached hydrogens (primary N) is 1. The molecule has 5 nitrogen and oxygen atoms in total. The van der Waals surface area contributed by atoms with Crippen molar-refractivity contribution in [2.45, 2.75) is 17.9 Å². The van der Waals surface area contributed by atoms with Gasteiger partial charge in [0.1, 0.15) is 6.54 Å². The van der Waals surface area contributed by atoms with Gasteiger partial charge in [0.2, 0.25) is 5.91 Å². The molecule has 2 N–H and O–H groups in total. The monoisotopic (exact) mass is 316 g/mol. The van der Waals surface area contributed by atoms with Crippen molar-refractivity contribution < 1.29 is 14.3 Å². The van der Waals surface area contributed by atoms with Gasteiger partial charge in [-0.05, 0) is 19.1 Å². The van der Waals surface area contributed by atoms with Crippen molar-refractivity contribution in [1.82, 2.24) is 0 Å². The molecule has 1 aromatic carbocycles. The summed E-state index contributed by atoms with van der Waals surface area (Å²) in [6, 6.07) is 6.87. The van der Waals surface area contributed by atoms with Crippen LogP contribution < -0.4 is 10.6 Å². The summed E-state index contributed by atoms with van der Waals surface area (Å²) in [6.07, 6.45) is 0. The number of hydrogen-bond acceptors (Lipinski definition) is 5. The van der Waals surface area contributed by atoms with E-state index in [0.717, 1.165) is 10.6 Å². The molecule has 0 aromatic heterocycles. The van der Waals surface area contributed by atoms with Crippen LogP contribution in [0.5, 0.6) is 0 Å². The number of fused-ring (bicyclic) bond motifs is 1. The third-order valence-electron chi connectivity index (χ3n) is 2.75. The van der Waals surface area contributed by atoms with Crippen LogP contribution in [0.1, 0.15) is 6.92 Å². The quantitative estimate of drug-likeness (QED) is 0.854. The molecule has 1 aliphatic heterocycles. The molecule has 20 heavy (non-hydrogen) atoms. The van der Waals surface area contributed by atoms with Gasteiger partial charge in [0.25, 0.3) is 0 Å². The molecular formula is C13H17ClN2O3S. The first kappa shape index (κ1) is 16.8. The average molecular weight is 317 g/mol. The third kappa shape index (κ3) is 3.65. The molecular weight excluding hydrogens is 300 g/mol. The minimum atomic E-state index is -0.605. The van der Waals surface area contributed by atoms with E-state index in [2.05, 4.69) is 0 Å². The molecule has 0 bridgehead atoms. The Morgan fingerprint density at radius 3 is 2.90 bits per heavy atom. The van der Waals surface area contributed by atoms with E-state index in [1.54, 1.807) is 6.92 Å². The SMILES string of the molecule is CCOC(=O)CN1C(=O)[C@H](N)CSc2ccccc21.Cl. The predicted octanol–water partition coefficient (Wildman–Crippen LogP) is 1.44. The predicted molar refractivity (Wildman–Crippen MR) is 81.4 cm³/mol. The van der Waals surface area contributed by atoms with Crippen LogP contribution in [-0.4, -0.2) is 36.8 Å². The lowest BCUT2D eigenvalue weighted by Gasteiger charge is -2.23. The van der Waals surface area contributed by atoms with E-state index in [1.807, 2.05) is 24.3 Å². The number of thioether (sulfide) groups is 1. The number of esters is 1. The number of halogens is 1. The number of carbonyl (C=O) groups excluding carboxylic acids is 2. The van der Waals surface area contributed by atoms with Gasteiger partial charge >= 0.3 is 5.97 Å². The molecule has 0 fully saturated rings. The molecule has 1 amide bonds. The fraction of sp³-hybridized carbons (Fsp3) is 0.385. The summed E-state index contributed by atoms with van der Waals surface area (Å²) < 4.78 is 4.90. The standard InChI is InChI=1S/C13H16N2O3S.ClH/c1-2-18-12(16)7-15-10-5-3-4-6-11(10)19-8-9(14)13(15)17;/h3-6,9H,2,7-8,14H2,1H3;1H/t9-;/m1./s1. The van der Waals surface area contributed by atoms with Crippen LogP contribution in [-0.2, 0) is 14.3 Å². The molecule has 0 saturated heterocycles. The third-order valence-corrected chi connectivity index (χ3v) is 3.93. The Morgan fingerprint density at radius 1 is 1.50 bits per heavy atom. The molecule has 110 valence electrons. The van der Waals surface area contributed by atoms with Crippen LogP contribution in [0, 0.1) is 0 Å². The molecule has 1 aliphatic rings. The number of benzene rings is 1. The minimum Gasteiger partial charge on any atom is -0.465 e. The van der Waals surface area contributed by atoms with Crippen molar-refractivity contribution in [2.75, 3.05) is 23.8 Å². The second-order valence-corrected chi connectivity index (χ2v) is 5.18. The molecule has 0 saturated carbocycles. The maximum Gasteiger partial charge on any atom is 0.326 e. The number of amides is 1. The minimum absolute atomic E-state index is 0. The molecule has 1 aromatic rings. The Morgan fingerprint density at radius 2 is 2.20 bits per heavy atom. The zero-order valence-electron chi connectivity index (χ0n) is 11.1. The zero-order valence-corrected chi connectivity index (χ0v) is 12.7. The topological polar surface area (TPSA) is 72.6 Å². The summed E-state index contributed by atoms with van der Waals surface area (Å²) >= 11 is 1.53. The van der Waals surface area contributed by atoms with Gasteiger partial charge < -0.3 is 10.5 Å². The van der Waals surface area contributed by atoms with Gasteiger partial charge in [0.15, 0.2) is 0 Å². The number of nitrogens with zero attached hydrogens (tertiary/aromatic N) is 1. The smallest absolute Gasteiger partial charge is 0.326 e. The Balaban J connectivity index is 0.00000200. The highest BCUT2D eigenvalue weighted by molar-refractivity contribution is 7.99. The van der Waals surface area contributed by atoms with Crippen molar-refractivity contribution in [2.24, 2.45) is 5.73 Å². The highest BCUT2D eigenvalue weighted by Crippen LogP contribution is 2.33. The number of rotatable bonds is 3. The van der Waals surface area contributed by atoms with Gasteiger partial charge in [-0.1, -0.05) is 12.1 Å². The van der Waals surface area contributed by atoms with Gasteiger partial charge in [0, 0.05) is 10.6 Å². The van der Waals surface area contributed by atoms with Gasteiger partial charge in [-0.3, -0.25) is 14.5 Å². The molecule has 1 heterocycles. The van der Waals surface area contributed by atoms with E-state index in [4.69, 9.17) is 10.5 Å². The van der Waals surface area contributed by atoms with E-state index < -0.39 is 12.0 Å². The molecule has 0 spiro atoms. The number of para-hydroxylation sites is 1. The van der Waals surface area contributed by atoms with E-state index >= 15 is 0 Å². The van der Waals surface area contributed by atoms with Crippen LogP contribution in [0.15, 0.2) is 29.2 Å². The first-order chi connectivity index (χ1) is 9.13. The van der Waals surface area contributed by atoms with E-state index in [0.29, 0.717) is 12.4 Å². The largest absolute Gasteiger partial charge is 0.465 e. The van der Waals surface area contributed by atoms with Crippen LogP contribution in [0.4, 0.5) is 5.69 Å². The van der Waals surface area contributed by atoms with E-state index in [1.165, 1.54) is 16.7 Å². The summed E-state index contributed by atoms with van der Waals surface area (Å²) in [7, 11) is 0. The van der Waals surface area contributed by atoms with Crippen molar-refractivity contribution in [3.8, 4) is 0 Å². The molecule has 7 heteroatoms. The fourth-order valence-electron chi connectivity index (χ4n) is 1.87. The number of ether oxygens (including phenoxy) is 1.